The van der Waals surface area contributed by atoms with Gasteiger partial charge >= 0.3 is 12.4 Å². The number of nitrogens with zero attached hydrogens (tertiary/aromatic N) is 1. The van der Waals surface area contributed by atoms with Crippen LogP contribution in [-0.4, -0.2) is 34.0 Å². The molecule has 1 aromatic heterocycles. The van der Waals surface area contributed by atoms with Crippen LogP contribution in [0.5, 0.6) is 0 Å². The second-order valence-electron chi connectivity index (χ2n) is 16.5. The van der Waals surface area contributed by atoms with Crippen molar-refractivity contribution in [3.8, 4) is 11.1 Å². The Kier molecular flexibility index (Phi) is 8.82. The molecule has 1 aliphatic rings. The molecule has 0 saturated carbocycles. The molecule has 6 nitrogen and oxygen atoms in total. The topological polar surface area (TPSA) is 105 Å². The van der Waals surface area contributed by atoms with Crippen LogP contribution < -0.4 is 22.1 Å². The van der Waals surface area contributed by atoms with Crippen molar-refractivity contribution in [2.45, 2.75) is 101 Å². The van der Waals surface area contributed by atoms with Crippen molar-refractivity contribution in [1.29, 1.82) is 0 Å². The van der Waals surface area contributed by atoms with Crippen LogP contribution in [-0.2, 0) is 21.8 Å². The summed E-state index contributed by atoms with van der Waals surface area (Å²) < 4.78 is 89.5. The molecule has 7 N–H and O–H groups in total. The van der Waals surface area contributed by atoms with Gasteiger partial charge in [-0.15, -0.1) is 0 Å². The number of benzene rings is 4. The molecule has 0 spiro atoms. The molecule has 0 radical (unpaired) electrons. The Labute approximate surface area is 305 Å². The van der Waals surface area contributed by atoms with E-state index in [9.17, 15) is 26.3 Å². The van der Waals surface area contributed by atoms with Gasteiger partial charge in [0.25, 0.3) is 0 Å². The van der Waals surface area contributed by atoms with E-state index in [0.717, 1.165) is 57.8 Å². The number of imidazole rings is 1. The van der Waals surface area contributed by atoms with Crippen molar-refractivity contribution < 1.29 is 26.3 Å². The summed E-state index contributed by atoms with van der Waals surface area (Å²) in [6, 6.07) is 20.8. The minimum atomic E-state index is -5.70. The lowest BCUT2D eigenvalue weighted by Crippen LogP contribution is -2.54. The highest BCUT2D eigenvalue weighted by Gasteiger charge is 2.72. The van der Waals surface area contributed by atoms with Crippen molar-refractivity contribution >= 4 is 22.4 Å². The first-order valence-electron chi connectivity index (χ1n) is 17.4. The van der Waals surface area contributed by atoms with E-state index in [1.54, 1.807) is 13.8 Å². The summed E-state index contributed by atoms with van der Waals surface area (Å²) >= 11 is 0. The van der Waals surface area contributed by atoms with Crippen LogP contribution in [0.1, 0.15) is 83.5 Å². The minimum Gasteiger partial charge on any atom is -0.362 e. The van der Waals surface area contributed by atoms with E-state index >= 15 is 0 Å². The zero-order valence-corrected chi connectivity index (χ0v) is 31.0. The van der Waals surface area contributed by atoms with Gasteiger partial charge in [-0.3, -0.25) is 0 Å². The number of fused-ring (bicyclic) bond motifs is 2. The molecule has 5 aromatic rings. The lowest BCUT2D eigenvalue weighted by molar-refractivity contribution is -0.288. The molecule has 12 heteroatoms. The van der Waals surface area contributed by atoms with Gasteiger partial charge in [-0.05, 0) is 85.3 Å². The van der Waals surface area contributed by atoms with Gasteiger partial charge in [0.2, 0.25) is 5.41 Å². The molecule has 6 rings (SSSR count). The Morgan fingerprint density at radius 2 is 1.02 bits per heavy atom. The fraction of sp³-hybridized carbons (Fsp3) is 0.390. The number of H-pyrrole nitrogens is 1. The molecule has 1 aliphatic heterocycles. The van der Waals surface area contributed by atoms with Crippen LogP contribution >= 0.6 is 0 Å². The summed E-state index contributed by atoms with van der Waals surface area (Å²) in [4.78, 5) is 8.34. The molecular formula is C41H46F6N6. The fourth-order valence-corrected chi connectivity index (χ4v) is 7.10. The van der Waals surface area contributed by atoms with Crippen molar-refractivity contribution in [3.63, 3.8) is 0 Å². The van der Waals surface area contributed by atoms with Crippen molar-refractivity contribution in [3.05, 3.63) is 113 Å². The molecule has 0 amide bonds. The number of nitrogens with one attached hydrogen (secondary N) is 3. The number of nitrogens with two attached hydrogens (primary N) is 2. The summed E-state index contributed by atoms with van der Waals surface area (Å²) in [6.07, 6.45) is -11.5. The third-order valence-corrected chi connectivity index (χ3v) is 11.3. The lowest BCUT2D eigenvalue weighted by atomic mass is 9.63. The second-order valence-corrected chi connectivity index (χ2v) is 16.5. The maximum Gasteiger partial charge on any atom is 0.411 e. The first-order valence-corrected chi connectivity index (χ1v) is 17.4. The van der Waals surface area contributed by atoms with Gasteiger partial charge in [-0.25, -0.2) is 4.98 Å². The minimum absolute atomic E-state index is 0.120. The highest BCUT2D eigenvalue weighted by molar-refractivity contribution is 5.86. The normalized spacial score (nSPS) is 16.0. The third-order valence-electron chi connectivity index (χ3n) is 11.3. The first kappa shape index (κ1) is 38.2. The van der Waals surface area contributed by atoms with Gasteiger partial charge in [0, 0.05) is 21.9 Å². The smallest absolute Gasteiger partial charge is 0.362 e. The number of hydrogen-bond donors (Lipinski definition) is 5. The number of alkyl halides is 6. The van der Waals surface area contributed by atoms with E-state index in [-0.39, 0.29) is 6.17 Å². The summed E-state index contributed by atoms with van der Waals surface area (Å²) in [5, 5.41) is 6.86. The number of hydrogen-bond acceptors (Lipinski definition) is 5. The van der Waals surface area contributed by atoms with Gasteiger partial charge in [-0.2, -0.15) is 26.3 Å². The van der Waals surface area contributed by atoms with E-state index in [4.69, 9.17) is 16.5 Å². The Morgan fingerprint density at radius 1 is 0.547 bits per heavy atom. The lowest BCUT2D eigenvalue weighted by Gasteiger charge is -2.42. The molecule has 0 bridgehead atoms. The predicted octanol–water partition coefficient (Wildman–Crippen LogP) is 9.99. The van der Waals surface area contributed by atoms with E-state index in [2.05, 4.69) is 21.7 Å². The predicted molar refractivity (Wildman–Crippen MR) is 200 cm³/mol. The second kappa shape index (κ2) is 12.2. The SMILES string of the molecule is CC(C)(N)c1ccc(C(c2ccc(C(C)(C)C(C)(C)c3nc4ccc(-c5ccc6c(c5)NC(C(C)(C)N)N6)cc4[nH]3)cc2)(C(F)(F)F)C(F)(F)F)cc1. The van der Waals surface area contributed by atoms with Crippen LogP contribution in [0, 0.1) is 0 Å². The number of aromatic amines is 1. The maximum atomic E-state index is 14.9. The van der Waals surface area contributed by atoms with Crippen molar-refractivity contribution in [2.75, 3.05) is 10.6 Å². The Balaban J connectivity index is 1.33. The average Bonchev–Trinajstić information content (AvgIpc) is 3.68. The third kappa shape index (κ3) is 6.33. The van der Waals surface area contributed by atoms with Crippen LogP contribution in [0.25, 0.3) is 22.2 Å². The Morgan fingerprint density at radius 3 is 1.53 bits per heavy atom. The Hall–Kier alpha value is -4.55. The van der Waals surface area contributed by atoms with Gasteiger partial charge in [0.15, 0.2) is 0 Å². The van der Waals surface area contributed by atoms with E-state index in [1.165, 1.54) is 24.3 Å². The molecule has 0 fully saturated rings. The zero-order valence-electron chi connectivity index (χ0n) is 31.0. The summed E-state index contributed by atoms with van der Waals surface area (Å²) in [7, 11) is 0. The quantitative estimate of drug-likeness (QED) is 0.102. The number of anilines is 2. The summed E-state index contributed by atoms with van der Waals surface area (Å²) in [5.41, 5.74) is 9.56. The molecule has 282 valence electrons. The molecule has 1 unspecified atom stereocenters. The number of halogens is 6. The summed E-state index contributed by atoms with van der Waals surface area (Å²) in [6.45, 7) is 14.8. The highest BCUT2D eigenvalue weighted by Crippen LogP contribution is 2.56. The molecule has 4 aromatic carbocycles. The molecule has 2 heterocycles. The van der Waals surface area contributed by atoms with E-state index in [0.29, 0.717) is 17.0 Å². The average molecular weight is 737 g/mol. The molecule has 53 heavy (non-hydrogen) atoms. The standard InChI is InChI=1S/C41H46F6N6/c1-35(2,25-11-15-27(16-12-25)39(40(42,43)44,41(45,46)47)28-17-13-26(14-18-28)37(5,6)48)36(3,4)33-50-29-19-9-23(21-31(29)52-33)24-10-20-30-32(22-24)53-34(51-30)38(7,8)49/h9-22,34,51,53H,48-49H2,1-8H3,(H,50,52). The molecule has 0 aliphatic carbocycles. The molecule has 0 saturated heterocycles. The first-order chi connectivity index (χ1) is 24.3. The molecular weight excluding hydrogens is 690 g/mol. The van der Waals surface area contributed by atoms with Crippen LogP contribution in [0.3, 0.4) is 0 Å². The van der Waals surface area contributed by atoms with Crippen molar-refractivity contribution in [2.24, 2.45) is 11.5 Å². The molecule has 1 atom stereocenters. The number of aromatic nitrogens is 2. The van der Waals surface area contributed by atoms with Gasteiger partial charge in [0.05, 0.1) is 22.4 Å². The van der Waals surface area contributed by atoms with Crippen molar-refractivity contribution in [1.82, 2.24) is 9.97 Å². The monoisotopic (exact) mass is 736 g/mol. The van der Waals surface area contributed by atoms with Crippen LogP contribution in [0.4, 0.5) is 37.7 Å². The van der Waals surface area contributed by atoms with Gasteiger partial charge in [0.1, 0.15) is 12.0 Å². The Bertz CT molecular complexity index is 2120. The maximum absolute atomic E-state index is 14.9. The highest BCUT2D eigenvalue weighted by atomic mass is 19.4. The van der Waals surface area contributed by atoms with Gasteiger partial charge < -0.3 is 27.1 Å². The van der Waals surface area contributed by atoms with Crippen LogP contribution in [0.15, 0.2) is 84.9 Å². The van der Waals surface area contributed by atoms with Gasteiger partial charge in [-0.1, -0.05) is 88.4 Å². The van der Waals surface area contributed by atoms with E-state index < -0.39 is 50.8 Å². The van der Waals surface area contributed by atoms with E-state index in [1.807, 2.05) is 71.9 Å². The fourth-order valence-electron chi connectivity index (χ4n) is 7.10. The largest absolute Gasteiger partial charge is 0.411 e. The van der Waals surface area contributed by atoms with Crippen LogP contribution in [0.2, 0.25) is 0 Å². The zero-order chi connectivity index (χ0) is 39.2. The number of rotatable bonds is 8. The summed E-state index contributed by atoms with van der Waals surface area (Å²) in [5.74, 6) is 0.620.